The summed E-state index contributed by atoms with van der Waals surface area (Å²) in [6.07, 6.45) is 0.000691. The normalized spacial score (nSPS) is 17.0. The third-order valence-electron chi connectivity index (χ3n) is 7.28. The molecule has 7 aromatic rings. The maximum Gasteiger partial charge on any atom is 0.0633 e. The van der Waals surface area contributed by atoms with E-state index in [4.69, 9.17) is 17.8 Å². The smallest absolute Gasteiger partial charge is 0.0622 e. The van der Waals surface area contributed by atoms with E-state index in [1.807, 2.05) is 0 Å². The van der Waals surface area contributed by atoms with Crippen LogP contribution in [0.4, 0.5) is 0 Å². The molecule has 0 aliphatic heterocycles. The van der Waals surface area contributed by atoms with Crippen LogP contribution in [-0.2, 0) is 6.42 Å². The average Bonchev–Trinajstić information content (AvgIpc) is 3.53. The van der Waals surface area contributed by atoms with Crippen LogP contribution in [0.2, 0.25) is 0 Å². The van der Waals surface area contributed by atoms with Gasteiger partial charge in [-0.25, -0.2) is 0 Å². The average molecular weight is 509 g/mol. The lowest BCUT2D eigenvalue weighted by Crippen LogP contribution is -1.91. The van der Waals surface area contributed by atoms with Gasteiger partial charge in [0.25, 0.3) is 0 Å². The molecular formula is C39H26. The summed E-state index contributed by atoms with van der Waals surface area (Å²) in [5.74, 6) is 0. The Balaban J connectivity index is 1.43. The third kappa shape index (κ3) is 3.53. The van der Waals surface area contributed by atoms with Crippen molar-refractivity contribution in [3.8, 4) is 44.5 Å². The zero-order chi connectivity index (χ0) is 37.9. The fourth-order valence-corrected chi connectivity index (χ4v) is 5.59. The Kier molecular flexibility index (Phi) is 2.78. The molecule has 0 N–H and O–H groups in total. The quantitative estimate of drug-likeness (QED) is 0.208. The van der Waals surface area contributed by atoms with Crippen LogP contribution < -0.4 is 0 Å². The van der Waals surface area contributed by atoms with Crippen LogP contribution in [0.5, 0.6) is 0 Å². The van der Waals surface area contributed by atoms with E-state index in [2.05, 4.69) is 0 Å². The molecule has 7 aromatic carbocycles. The van der Waals surface area contributed by atoms with E-state index in [0.717, 1.165) is 0 Å². The molecule has 0 amide bonds. The van der Waals surface area contributed by atoms with E-state index in [9.17, 15) is 1.37 Å². The van der Waals surface area contributed by atoms with Crippen molar-refractivity contribution in [1.82, 2.24) is 0 Å². The van der Waals surface area contributed by atoms with Crippen molar-refractivity contribution in [1.29, 1.82) is 0 Å². The van der Waals surface area contributed by atoms with Gasteiger partial charge in [0.2, 0.25) is 0 Å². The molecule has 0 heterocycles. The second-order valence-electron chi connectivity index (χ2n) is 9.43. The summed E-state index contributed by atoms with van der Waals surface area (Å²) in [5, 5.41) is 1.97. The van der Waals surface area contributed by atoms with Gasteiger partial charge in [0.1, 0.15) is 0 Å². The first-order valence-electron chi connectivity index (χ1n) is 19.5. The van der Waals surface area contributed by atoms with Gasteiger partial charge < -0.3 is 0 Å². The van der Waals surface area contributed by atoms with Crippen LogP contribution >= 0.6 is 0 Å². The lowest BCUT2D eigenvalue weighted by molar-refractivity contribution is 1.26. The Labute approximate surface area is 248 Å². The molecule has 0 aromatic heterocycles. The van der Waals surface area contributed by atoms with Gasteiger partial charge in [-0.2, -0.15) is 0 Å². The third-order valence-corrected chi connectivity index (χ3v) is 7.28. The standard InChI is InChI=1S/C39H26/c1-2-11-26(12-3-1)38-34-17-6-8-19-36(34)39(37-20-9-7-18-35(37)38)30-15-10-14-27(23-30)28-21-22-33-31(24-28)25-29-13-4-5-16-32(29)33/h1-24H,25H2/i1D,2D,3D,4D,5D,6D,7D,8D,9D,13D,16D,21D,22D,24D. The predicted octanol–water partition coefficient (Wildman–Crippen LogP) is 10.6. The van der Waals surface area contributed by atoms with E-state index >= 15 is 0 Å². The Morgan fingerprint density at radius 1 is 0.436 bits per heavy atom. The first kappa shape index (κ1) is 12.3. The van der Waals surface area contributed by atoms with Crippen LogP contribution in [0.15, 0.2) is 145 Å². The molecule has 0 saturated heterocycles. The lowest BCUT2D eigenvalue weighted by Gasteiger charge is -2.18. The lowest BCUT2D eigenvalue weighted by atomic mass is 9.85. The minimum Gasteiger partial charge on any atom is -0.0622 e. The van der Waals surface area contributed by atoms with Gasteiger partial charge in [-0.05, 0) is 89.7 Å². The van der Waals surface area contributed by atoms with E-state index < -0.39 is 12.1 Å². The number of hydrogen-bond acceptors (Lipinski definition) is 0. The summed E-state index contributed by atoms with van der Waals surface area (Å²) < 4.78 is 120. The zero-order valence-electron chi connectivity index (χ0n) is 34.5. The summed E-state index contributed by atoms with van der Waals surface area (Å²) in [7, 11) is 0. The van der Waals surface area contributed by atoms with E-state index in [0.29, 0.717) is 54.9 Å². The van der Waals surface area contributed by atoms with Crippen molar-refractivity contribution in [2.75, 3.05) is 0 Å². The SMILES string of the molecule is [2H]c1cc2c(-c3cccc(-c4c([2H])c([2H])c5c(c4[2H])Cc4c([2H])c([2H])c([2H])c([2H])c4-5)c3)c3cc([2H])c([2H])cc3c(-c3cc([2H])c([2H])c([2H])c3)c2cc1[2H]. The highest BCUT2D eigenvalue weighted by molar-refractivity contribution is 6.21. The fourth-order valence-electron chi connectivity index (χ4n) is 5.59. The fraction of sp³-hybridized carbons (Fsp3) is 0.0256. The number of rotatable bonds is 3. The van der Waals surface area contributed by atoms with Crippen molar-refractivity contribution in [3.05, 3.63) is 156 Å². The molecule has 0 fully saturated rings. The number of fused-ring (bicyclic) bond motifs is 5. The van der Waals surface area contributed by atoms with Crippen LogP contribution in [0, 0.1) is 0 Å². The first-order chi connectivity index (χ1) is 25.1. The summed E-state index contributed by atoms with van der Waals surface area (Å²) in [6.45, 7) is 0. The molecular weight excluding hydrogens is 468 g/mol. The molecule has 0 saturated carbocycles. The molecule has 0 atom stereocenters. The number of benzene rings is 7. The van der Waals surface area contributed by atoms with Crippen LogP contribution in [0.1, 0.15) is 30.3 Å². The summed E-state index contributed by atoms with van der Waals surface area (Å²) in [4.78, 5) is 0. The second kappa shape index (κ2) is 8.82. The van der Waals surface area contributed by atoms with E-state index in [1.54, 1.807) is 24.3 Å². The summed E-state index contributed by atoms with van der Waals surface area (Å²) in [6, 6.07) is 12.9. The molecule has 182 valence electrons. The van der Waals surface area contributed by atoms with Gasteiger partial charge in [-0.3, -0.25) is 0 Å². The Bertz CT molecular complexity index is 2710. The molecule has 1 aliphatic carbocycles. The van der Waals surface area contributed by atoms with Gasteiger partial charge in [-0.1, -0.05) is 139 Å². The highest BCUT2D eigenvalue weighted by Crippen LogP contribution is 2.44. The molecule has 0 bridgehead atoms. The van der Waals surface area contributed by atoms with E-state index in [-0.39, 0.29) is 101 Å². The van der Waals surface area contributed by atoms with Crippen molar-refractivity contribution >= 4 is 21.5 Å². The Morgan fingerprint density at radius 2 is 1.03 bits per heavy atom. The van der Waals surface area contributed by atoms with Crippen LogP contribution in [0.3, 0.4) is 0 Å². The molecule has 0 heteroatoms. The van der Waals surface area contributed by atoms with E-state index in [1.165, 1.54) is 36.4 Å². The van der Waals surface area contributed by atoms with Crippen LogP contribution in [-0.4, -0.2) is 0 Å². The highest BCUT2D eigenvalue weighted by atomic mass is 14.2. The molecule has 0 unspecified atom stereocenters. The van der Waals surface area contributed by atoms with Crippen molar-refractivity contribution < 1.29 is 19.2 Å². The van der Waals surface area contributed by atoms with Crippen molar-refractivity contribution in [3.63, 3.8) is 0 Å². The minimum absolute atomic E-state index is 0.000691. The summed E-state index contributed by atoms with van der Waals surface area (Å²) >= 11 is 0. The minimum atomic E-state index is -0.447. The van der Waals surface area contributed by atoms with Gasteiger partial charge in [0, 0.05) is 0 Å². The maximum absolute atomic E-state index is 9.29. The second-order valence-corrected chi connectivity index (χ2v) is 9.43. The monoisotopic (exact) mass is 508 g/mol. The topological polar surface area (TPSA) is 0 Å². The maximum atomic E-state index is 9.29. The molecule has 39 heavy (non-hydrogen) atoms. The largest absolute Gasteiger partial charge is 0.0633 e. The van der Waals surface area contributed by atoms with Crippen LogP contribution in [0.25, 0.3) is 66.1 Å². The molecule has 1 aliphatic rings. The summed E-state index contributed by atoms with van der Waals surface area (Å²) in [5.41, 5.74) is 3.43. The van der Waals surface area contributed by atoms with Crippen molar-refractivity contribution in [2.24, 2.45) is 0 Å². The van der Waals surface area contributed by atoms with Crippen molar-refractivity contribution in [2.45, 2.75) is 6.42 Å². The predicted molar refractivity (Wildman–Crippen MR) is 166 cm³/mol. The first-order valence-corrected chi connectivity index (χ1v) is 12.5. The molecule has 0 radical (unpaired) electrons. The Hall–Kier alpha value is -4.94. The Morgan fingerprint density at radius 3 is 1.74 bits per heavy atom. The molecule has 8 rings (SSSR count). The highest BCUT2D eigenvalue weighted by Gasteiger charge is 2.19. The number of hydrogen-bond donors (Lipinski definition) is 0. The van der Waals surface area contributed by atoms with Gasteiger partial charge in [0.05, 0.1) is 19.2 Å². The molecule has 0 nitrogen and oxygen atoms in total. The molecule has 0 spiro atoms. The van der Waals surface area contributed by atoms with Gasteiger partial charge in [-0.15, -0.1) is 0 Å². The van der Waals surface area contributed by atoms with Gasteiger partial charge >= 0.3 is 0 Å². The zero-order valence-corrected chi connectivity index (χ0v) is 20.5. The van der Waals surface area contributed by atoms with Gasteiger partial charge in [0.15, 0.2) is 0 Å².